The Balaban J connectivity index is 0.000000220. The van der Waals surface area contributed by atoms with Crippen LogP contribution in [0.1, 0.15) is 22.3 Å². The molecule has 2 heterocycles. The van der Waals surface area contributed by atoms with Crippen molar-refractivity contribution in [3.63, 3.8) is 0 Å². The van der Waals surface area contributed by atoms with E-state index in [1.165, 1.54) is 25.2 Å². The quantitative estimate of drug-likeness (QED) is 0.201. The summed E-state index contributed by atoms with van der Waals surface area (Å²) in [6, 6.07) is 11.5. The van der Waals surface area contributed by atoms with Crippen LogP contribution in [0.25, 0.3) is 21.8 Å². The number of nitrogens with one attached hydrogen (secondary N) is 4. The number of rotatable bonds is 12. The van der Waals surface area contributed by atoms with Crippen LogP contribution in [-0.4, -0.2) is 92.0 Å². The van der Waals surface area contributed by atoms with Crippen molar-refractivity contribution in [2.45, 2.75) is 24.3 Å². The third-order valence-electron chi connectivity index (χ3n) is 6.66. The first-order chi connectivity index (χ1) is 18.8. The van der Waals surface area contributed by atoms with E-state index in [1.807, 2.05) is 77.0 Å². The van der Waals surface area contributed by atoms with Crippen LogP contribution in [0.4, 0.5) is 0 Å². The fourth-order valence-electron chi connectivity index (χ4n) is 4.32. The van der Waals surface area contributed by atoms with Gasteiger partial charge >= 0.3 is 0 Å². The van der Waals surface area contributed by atoms with Gasteiger partial charge in [-0.2, -0.15) is 0 Å². The molecule has 12 heteroatoms. The fourth-order valence-corrected chi connectivity index (χ4v) is 5.84. The molecule has 0 atom stereocenters. The van der Waals surface area contributed by atoms with E-state index in [0.29, 0.717) is 0 Å². The lowest BCUT2D eigenvalue weighted by Gasteiger charge is -2.08. The monoisotopic (exact) mass is 590 g/mol. The number of benzene rings is 2. The Labute approximate surface area is 238 Å². The second kappa shape index (κ2) is 13.7. The molecule has 4 aromatic rings. The normalized spacial score (nSPS) is 12.4. The number of aromatic amines is 2. The second-order valence-electron chi connectivity index (χ2n) is 10.4. The lowest BCUT2D eigenvalue weighted by molar-refractivity contribution is 0.414. The van der Waals surface area contributed by atoms with Gasteiger partial charge in [0, 0.05) is 47.3 Å². The number of likely N-dealkylation sites (N-methyl/N-ethyl adjacent to an activating group) is 2. The highest BCUT2D eigenvalue weighted by Crippen LogP contribution is 2.22. The Morgan fingerprint density at radius 2 is 1.02 bits per heavy atom. The summed E-state index contributed by atoms with van der Waals surface area (Å²) in [6.45, 7) is 1.93. The maximum absolute atomic E-state index is 11.6. The van der Waals surface area contributed by atoms with Crippen LogP contribution in [0, 0.1) is 0 Å². The molecule has 0 unspecified atom stereocenters. The summed E-state index contributed by atoms with van der Waals surface area (Å²) < 4.78 is 51.2. The molecule has 220 valence electrons. The van der Waals surface area contributed by atoms with Crippen molar-refractivity contribution >= 4 is 41.9 Å². The molecule has 0 spiro atoms. The van der Waals surface area contributed by atoms with Gasteiger partial charge in [-0.25, -0.2) is 26.3 Å². The molecule has 4 rings (SSSR count). The molecule has 0 radical (unpaired) electrons. The lowest BCUT2D eigenvalue weighted by atomic mass is 10.1. The van der Waals surface area contributed by atoms with Crippen LogP contribution in [0.5, 0.6) is 0 Å². The molecular weight excluding hydrogens is 548 g/mol. The molecule has 4 N–H and O–H groups in total. The molecule has 0 fully saturated rings. The SMILES string of the molecule is CNS(=O)(=O)Cc1ccc2[nH]cc(CCN(C)C)c2c1.CNS(=O)(=O)Cc1ccc2[nH]cc(CCN(C)C)c2c1. The van der Waals surface area contributed by atoms with Gasteiger partial charge in [-0.1, -0.05) is 12.1 Å². The fraction of sp³-hybridized carbons (Fsp3) is 0.429. The largest absolute Gasteiger partial charge is 0.361 e. The van der Waals surface area contributed by atoms with Crippen molar-refractivity contribution in [2.24, 2.45) is 0 Å². The molecular formula is C28H42N6O4S2. The van der Waals surface area contributed by atoms with E-state index in [4.69, 9.17) is 0 Å². The molecule has 10 nitrogen and oxygen atoms in total. The van der Waals surface area contributed by atoms with Crippen molar-refractivity contribution in [1.82, 2.24) is 29.2 Å². The first kappa shape index (κ1) is 31.8. The minimum atomic E-state index is -3.23. The summed E-state index contributed by atoms with van der Waals surface area (Å²) in [6.07, 6.45) is 5.89. The molecule has 40 heavy (non-hydrogen) atoms. The maximum Gasteiger partial charge on any atom is 0.215 e. The molecule has 0 aliphatic heterocycles. The van der Waals surface area contributed by atoms with Gasteiger partial charge in [0.1, 0.15) is 0 Å². The minimum absolute atomic E-state index is 0.0116. The number of nitrogens with zero attached hydrogens (tertiary/aromatic N) is 2. The average molecular weight is 591 g/mol. The molecule has 0 saturated carbocycles. The molecule has 0 aliphatic rings. The summed E-state index contributed by atoms with van der Waals surface area (Å²) in [7, 11) is 4.58. The van der Waals surface area contributed by atoms with Crippen molar-refractivity contribution in [3.8, 4) is 0 Å². The van der Waals surface area contributed by atoms with Gasteiger partial charge in [0.2, 0.25) is 20.0 Å². The Morgan fingerprint density at radius 1 is 0.650 bits per heavy atom. The molecule has 2 aromatic heterocycles. The molecule has 2 aromatic carbocycles. The summed E-state index contributed by atoms with van der Waals surface area (Å²) in [5, 5.41) is 2.21. The van der Waals surface area contributed by atoms with Crippen molar-refractivity contribution in [2.75, 3.05) is 55.4 Å². The highest BCUT2D eigenvalue weighted by atomic mass is 32.2. The Hall–Kier alpha value is -2.74. The number of sulfonamides is 2. The van der Waals surface area contributed by atoms with Gasteiger partial charge in [-0.15, -0.1) is 0 Å². The first-order valence-corrected chi connectivity index (χ1v) is 16.4. The van der Waals surface area contributed by atoms with Gasteiger partial charge < -0.3 is 19.8 Å². The predicted octanol–water partition coefficient (Wildman–Crippen LogP) is 2.64. The topological polar surface area (TPSA) is 130 Å². The first-order valence-electron chi connectivity index (χ1n) is 13.1. The van der Waals surface area contributed by atoms with Gasteiger partial charge in [0.15, 0.2) is 0 Å². The Kier molecular flexibility index (Phi) is 10.9. The zero-order chi connectivity index (χ0) is 29.5. The summed E-state index contributed by atoms with van der Waals surface area (Å²) in [5.74, 6) is 0.0233. The summed E-state index contributed by atoms with van der Waals surface area (Å²) >= 11 is 0. The van der Waals surface area contributed by atoms with Gasteiger partial charge in [0.25, 0.3) is 0 Å². The summed E-state index contributed by atoms with van der Waals surface area (Å²) in [4.78, 5) is 10.7. The average Bonchev–Trinajstić information content (AvgIpc) is 3.49. The van der Waals surface area contributed by atoms with Crippen LogP contribution < -0.4 is 9.44 Å². The van der Waals surface area contributed by atoms with Crippen LogP contribution in [-0.2, 0) is 44.4 Å². The van der Waals surface area contributed by atoms with Crippen LogP contribution in [0.15, 0.2) is 48.8 Å². The zero-order valence-corrected chi connectivity index (χ0v) is 25.8. The molecule has 0 bridgehead atoms. The third kappa shape index (κ3) is 9.15. The van der Waals surface area contributed by atoms with Gasteiger partial charge in [-0.05, 0) is 102 Å². The number of hydrogen-bond acceptors (Lipinski definition) is 6. The van der Waals surface area contributed by atoms with Crippen molar-refractivity contribution in [3.05, 3.63) is 71.0 Å². The van der Waals surface area contributed by atoms with Crippen LogP contribution in [0.3, 0.4) is 0 Å². The predicted molar refractivity (Wildman–Crippen MR) is 164 cm³/mol. The van der Waals surface area contributed by atoms with E-state index in [1.54, 1.807) is 0 Å². The van der Waals surface area contributed by atoms with Gasteiger partial charge in [0.05, 0.1) is 11.5 Å². The van der Waals surface area contributed by atoms with E-state index in [0.717, 1.165) is 58.9 Å². The number of aromatic nitrogens is 2. The number of hydrogen-bond donors (Lipinski definition) is 4. The zero-order valence-electron chi connectivity index (χ0n) is 24.2. The van der Waals surface area contributed by atoms with Gasteiger partial charge in [-0.3, -0.25) is 0 Å². The molecule has 0 amide bonds. The number of H-pyrrole nitrogens is 2. The second-order valence-corrected chi connectivity index (χ2v) is 14.3. The molecule has 0 saturated heterocycles. The maximum atomic E-state index is 11.6. The molecule has 0 aliphatic carbocycles. The number of fused-ring (bicyclic) bond motifs is 2. The van der Waals surface area contributed by atoms with Crippen LogP contribution >= 0.6 is 0 Å². The minimum Gasteiger partial charge on any atom is -0.361 e. The standard InChI is InChI=1S/2C14H21N3O2S/c2*1-15-20(18,19)10-11-4-5-14-13(8-11)12(9-16-14)6-7-17(2)3/h2*4-5,8-9,15-16H,6-7,10H2,1-3H3. The van der Waals surface area contributed by atoms with E-state index in [-0.39, 0.29) is 11.5 Å². The van der Waals surface area contributed by atoms with Crippen molar-refractivity contribution < 1.29 is 16.8 Å². The highest BCUT2D eigenvalue weighted by Gasteiger charge is 2.12. The third-order valence-corrected chi connectivity index (χ3v) is 9.33. The Bertz CT molecular complexity index is 1500. The van der Waals surface area contributed by atoms with Crippen LogP contribution in [0.2, 0.25) is 0 Å². The Morgan fingerprint density at radius 3 is 1.35 bits per heavy atom. The van der Waals surface area contributed by atoms with E-state index in [9.17, 15) is 16.8 Å². The van der Waals surface area contributed by atoms with E-state index >= 15 is 0 Å². The lowest BCUT2D eigenvalue weighted by Crippen LogP contribution is -2.20. The highest BCUT2D eigenvalue weighted by molar-refractivity contribution is 7.88. The summed E-state index contributed by atoms with van der Waals surface area (Å²) in [5.41, 5.74) is 6.14. The van der Waals surface area contributed by atoms with E-state index < -0.39 is 20.0 Å². The van der Waals surface area contributed by atoms with Crippen molar-refractivity contribution in [1.29, 1.82) is 0 Å². The van der Waals surface area contributed by atoms with E-state index in [2.05, 4.69) is 29.2 Å². The smallest absolute Gasteiger partial charge is 0.215 e.